The van der Waals surface area contributed by atoms with Gasteiger partial charge in [0.25, 0.3) is 0 Å². The second-order valence-corrected chi connectivity index (χ2v) is 8.03. The molecule has 0 amide bonds. The molecule has 6 heteroatoms. The first-order valence-corrected chi connectivity index (χ1v) is 10.4. The lowest BCUT2D eigenvalue weighted by molar-refractivity contribution is 0.0379. The highest BCUT2D eigenvalue weighted by atomic mass is 32.2. The summed E-state index contributed by atoms with van der Waals surface area (Å²) in [6.07, 6.45) is 5.73. The number of carbonyl (C=O) groups is 1. The van der Waals surface area contributed by atoms with Crippen LogP contribution in [-0.4, -0.2) is 57.2 Å². The van der Waals surface area contributed by atoms with Crippen molar-refractivity contribution in [2.45, 2.75) is 38.2 Å². The van der Waals surface area contributed by atoms with Crippen LogP contribution in [0.15, 0.2) is 12.1 Å². The van der Waals surface area contributed by atoms with Gasteiger partial charge >= 0.3 is 5.97 Å². The van der Waals surface area contributed by atoms with Gasteiger partial charge in [0.15, 0.2) is 0 Å². The molecule has 1 aromatic carbocycles. The van der Waals surface area contributed by atoms with Gasteiger partial charge in [0, 0.05) is 11.6 Å². The topological polar surface area (TPSA) is 48.0 Å². The molecule has 1 aromatic rings. The predicted octanol–water partition coefficient (Wildman–Crippen LogP) is 4.16. The van der Waals surface area contributed by atoms with E-state index in [1.165, 1.54) is 32.2 Å². The number of cyclic esters (lactones) is 1. The summed E-state index contributed by atoms with van der Waals surface area (Å²) in [5, 5.41) is 0. The van der Waals surface area contributed by atoms with E-state index in [1.807, 2.05) is 17.8 Å². The fraction of sp³-hybridized carbons (Fsp3) is 0.650. The molecule has 0 saturated carbocycles. The zero-order chi connectivity index (χ0) is 18.9. The fourth-order valence-electron chi connectivity index (χ4n) is 3.11. The van der Waals surface area contributed by atoms with Crippen LogP contribution < -0.4 is 9.47 Å². The molecule has 1 unspecified atom stereocenters. The maximum Gasteiger partial charge on any atom is 0.342 e. The molecular formula is C20H31NO4S. The lowest BCUT2D eigenvalue weighted by atomic mass is 10.0. The third-order valence-electron chi connectivity index (χ3n) is 4.53. The number of methoxy groups -OCH3 is 2. The smallest absolute Gasteiger partial charge is 0.342 e. The molecular weight excluding hydrogens is 350 g/mol. The van der Waals surface area contributed by atoms with Crippen LogP contribution in [0, 0.1) is 0 Å². The monoisotopic (exact) mass is 381 g/mol. The molecule has 1 atom stereocenters. The van der Waals surface area contributed by atoms with Crippen LogP contribution in [0.1, 0.15) is 54.1 Å². The highest BCUT2D eigenvalue weighted by molar-refractivity contribution is 7.99. The Labute approximate surface area is 161 Å². The van der Waals surface area contributed by atoms with Gasteiger partial charge in [0.2, 0.25) is 0 Å². The van der Waals surface area contributed by atoms with E-state index in [-0.39, 0.29) is 12.1 Å². The molecule has 1 aliphatic heterocycles. The first-order chi connectivity index (χ1) is 12.6. The average molecular weight is 382 g/mol. The van der Waals surface area contributed by atoms with E-state index in [4.69, 9.17) is 14.2 Å². The quantitative estimate of drug-likeness (QED) is 0.400. The Morgan fingerprint density at radius 1 is 1.08 bits per heavy atom. The zero-order valence-corrected chi connectivity index (χ0v) is 17.2. The summed E-state index contributed by atoms with van der Waals surface area (Å²) in [6, 6.07) is 3.62. The Morgan fingerprint density at radius 3 is 2.54 bits per heavy atom. The highest BCUT2D eigenvalue weighted by Gasteiger charge is 2.34. The molecule has 0 fully saturated rings. The lowest BCUT2D eigenvalue weighted by Crippen LogP contribution is -2.12. The van der Waals surface area contributed by atoms with Gasteiger partial charge in [-0.05, 0) is 57.5 Å². The summed E-state index contributed by atoms with van der Waals surface area (Å²) in [5.41, 5.74) is 1.43. The number of benzene rings is 1. The van der Waals surface area contributed by atoms with Crippen molar-refractivity contribution in [3.8, 4) is 11.5 Å². The SMILES string of the molecule is COc1cc(OC)c2c(c1)C(CCSCCCCCCN(C)C)OC2=O. The predicted molar refractivity (Wildman–Crippen MR) is 107 cm³/mol. The molecule has 0 spiro atoms. The number of carbonyl (C=O) groups excluding carboxylic acids is 1. The van der Waals surface area contributed by atoms with E-state index in [2.05, 4.69) is 19.0 Å². The van der Waals surface area contributed by atoms with Crippen molar-refractivity contribution in [1.29, 1.82) is 0 Å². The van der Waals surface area contributed by atoms with E-state index in [9.17, 15) is 4.79 Å². The third kappa shape index (κ3) is 5.81. The van der Waals surface area contributed by atoms with Crippen molar-refractivity contribution in [2.24, 2.45) is 0 Å². The molecule has 26 heavy (non-hydrogen) atoms. The van der Waals surface area contributed by atoms with Gasteiger partial charge in [0.1, 0.15) is 23.2 Å². The molecule has 146 valence electrons. The fourth-order valence-corrected chi connectivity index (χ4v) is 4.10. The van der Waals surface area contributed by atoms with Crippen LogP contribution >= 0.6 is 11.8 Å². The summed E-state index contributed by atoms with van der Waals surface area (Å²) in [7, 11) is 7.41. The van der Waals surface area contributed by atoms with Crippen LogP contribution in [0.4, 0.5) is 0 Å². The molecule has 2 rings (SSSR count). The highest BCUT2D eigenvalue weighted by Crippen LogP contribution is 2.41. The second-order valence-electron chi connectivity index (χ2n) is 6.81. The van der Waals surface area contributed by atoms with Crippen molar-refractivity contribution < 1.29 is 19.0 Å². The van der Waals surface area contributed by atoms with Crippen molar-refractivity contribution >= 4 is 17.7 Å². The minimum Gasteiger partial charge on any atom is -0.497 e. The van der Waals surface area contributed by atoms with Gasteiger partial charge in [-0.25, -0.2) is 4.79 Å². The number of nitrogens with zero attached hydrogens (tertiary/aromatic N) is 1. The van der Waals surface area contributed by atoms with Crippen molar-refractivity contribution in [1.82, 2.24) is 4.90 Å². The summed E-state index contributed by atoms with van der Waals surface area (Å²) in [6.45, 7) is 1.17. The van der Waals surface area contributed by atoms with E-state index >= 15 is 0 Å². The van der Waals surface area contributed by atoms with Gasteiger partial charge in [-0.15, -0.1) is 0 Å². The summed E-state index contributed by atoms with van der Waals surface area (Å²) < 4.78 is 16.2. The Balaban J connectivity index is 1.74. The van der Waals surface area contributed by atoms with E-state index < -0.39 is 0 Å². The Hall–Kier alpha value is -1.40. The molecule has 1 heterocycles. The van der Waals surface area contributed by atoms with Gasteiger partial charge in [0.05, 0.1) is 14.2 Å². The number of rotatable bonds is 12. The standard InChI is InChI=1S/C20H31NO4S/c1-21(2)10-7-5-6-8-11-26-12-9-17-16-13-15(23-3)14-18(24-4)19(16)20(22)25-17/h13-14,17H,5-12H2,1-4H3. The number of unbranched alkanes of at least 4 members (excludes halogenated alkanes) is 3. The lowest BCUT2D eigenvalue weighted by Gasteiger charge is -2.12. The second kappa shape index (κ2) is 10.7. The first kappa shape index (κ1) is 20.9. The van der Waals surface area contributed by atoms with Gasteiger partial charge < -0.3 is 19.1 Å². The van der Waals surface area contributed by atoms with Crippen molar-refractivity contribution in [3.05, 3.63) is 23.3 Å². The Bertz CT molecular complexity index is 591. The van der Waals surface area contributed by atoms with Gasteiger partial charge in [-0.2, -0.15) is 11.8 Å². The van der Waals surface area contributed by atoms with Gasteiger partial charge in [-0.3, -0.25) is 0 Å². The van der Waals surface area contributed by atoms with Crippen LogP contribution in [0.3, 0.4) is 0 Å². The summed E-state index contributed by atoms with van der Waals surface area (Å²) in [4.78, 5) is 14.4. The number of hydrogen-bond acceptors (Lipinski definition) is 6. The maximum absolute atomic E-state index is 12.2. The van der Waals surface area contributed by atoms with Gasteiger partial charge in [-0.1, -0.05) is 12.8 Å². The number of thioether (sulfide) groups is 1. The molecule has 1 aliphatic rings. The van der Waals surface area contributed by atoms with Crippen LogP contribution in [0.2, 0.25) is 0 Å². The first-order valence-electron chi connectivity index (χ1n) is 9.26. The van der Waals surface area contributed by atoms with Crippen molar-refractivity contribution in [3.63, 3.8) is 0 Å². The van der Waals surface area contributed by atoms with E-state index in [1.54, 1.807) is 20.3 Å². The van der Waals surface area contributed by atoms with E-state index in [0.717, 1.165) is 23.5 Å². The summed E-state index contributed by atoms with van der Waals surface area (Å²) in [5.74, 6) is 3.06. The van der Waals surface area contributed by atoms with E-state index in [0.29, 0.717) is 17.1 Å². The number of esters is 1. The summed E-state index contributed by atoms with van der Waals surface area (Å²) >= 11 is 1.94. The third-order valence-corrected chi connectivity index (χ3v) is 5.63. The molecule has 0 saturated heterocycles. The average Bonchev–Trinajstić information content (AvgIpc) is 2.95. The molecule has 0 aromatic heterocycles. The Morgan fingerprint density at radius 2 is 1.85 bits per heavy atom. The molecule has 5 nitrogen and oxygen atoms in total. The maximum atomic E-state index is 12.2. The van der Waals surface area contributed by atoms with Crippen molar-refractivity contribution in [2.75, 3.05) is 46.4 Å². The normalized spacial score (nSPS) is 15.9. The zero-order valence-electron chi connectivity index (χ0n) is 16.4. The molecule has 0 radical (unpaired) electrons. The Kier molecular flexibility index (Phi) is 8.59. The number of ether oxygens (including phenoxy) is 3. The molecule has 0 N–H and O–H groups in total. The molecule has 0 aliphatic carbocycles. The number of hydrogen-bond donors (Lipinski definition) is 0. The van der Waals surface area contributed by atoms with Crippen LogP contribution in [-0.2, 0) is 4.74 Å². The van der Waals surface area contributed by atoms with Crippen LogP contribution in [0.25, 0.3) is 0 Å². The van der Waals surface area contributed by atoms with Crippen LogP contribution in [0.5, 0.6) is 11.5 Å². The molecule has 0 bridgehead atoms. The number of fused-ring (bicyclic) bond motifs is 1. The largest absolute Gasteiger partial charge is 0.497 e. The minimum atomic E-state index is -0.296. The minimum absolute atomic E-state index is 0.200.